The second kappa shape index (κ2) is 8.35. The summed E-state index contributed by atoms with van der Waals surface area (Å²) < 4.78 is 25.9. The van der Waals surface area contributed by atoms with Gasteiger partial charge in [0.15, 0.2) is 0 Å². The number of rotatable bonds is 6. The molecule has 0 aliphatic carbocycles. The van der Waals surface area contributed by atoms with Crippen molar-refractivity contribution in [2.75, 3.05) is 32.4 Å². The Hall–Kier alpha value is 0.160. The van der Waals surface area contributed by atoms with E-state index >= 15 is 0 Å². The molecule has 0 aromatic heterocycles. The third kappa shape index (κ3) is 5.43. The molecule has 0 radical (unpaired) electrons. The van der Waals surface area contributed by atoms with Crippen molar-refractivity contribution in [1.82, 2.24) is 9.62 Å². The Bertz CT molecular complexity index is 314. The van der Waals surface area contributed by atoms with E-state index in [-0.39, 0.29) is 18.3 Å². The lowest BCUT2D eigenvalue weighted by molar-refractivity contribution is 0.269. The zero-order valence-electron chi connectivity index (χ0n) is 11.7. The summed E-state index contributed by atoms with van der Waals surface area (Å²) in [5, 5.41) is 3.16. The van der Waals surface area contributed by atoms with Crippen LogP contribution < -0.4 is 5.32 Å². The van der Waals surface area contributed by atoms with Gasteiger partial charge < -0.3 is 5.32 Å². The molecule has 110 valence electrons. The van der Waals surface area contributed by atoms with Crippen LogP contribution in [0.2, 0.25) is 0 Å². The lowest BCUT2D eigenvalue weighted by atomic mass is 9.98. The first-order valence-electron chi connectivity index (χ1n) is 6.62. The quantitative estimate of drug-likeness (QED) is 0.812. The summed E-state index contributed by atoms with van der Waals surface area (Å²) in [6, 6.07) is 0. The van der Waals surface area contributed by atoms with Crippen LogP contribution in [-0.2, 0) is 10.0 Å². The summed E-state index contributed by atoms with van der Waals surface area (Å²) in [6.07, 6.45) is 2.90. The molecule has 0 spiro atoms. The molecule has 0 bridgehead atoms. The monoisotopic (exact) mass is 298 g/mol. The van der Waals surface area contributed by atoms with Gasteiger partial charge >= 0.3 is 0 Å². The number of hydrogen-bond donors (Lipinski definition) is 1. The van der Waals surface area contributed by atoms with Crippen molar-refractivity contribution in [1.29, 1.82) is 0 Å². The maximum atomic E-state index is 12.1. The predicted octanol–water partition coefficient (Wildman–Crippen LogP) is 1.72. The van der Waals surface area contributed by atoms with E-state index in [0.717, 1.165) is 25.8 Å². The molecule has 0 amide bonds. The fraction of sp³-hybridized carbons (Fsp3) is 1.00. The zero-order valence-corrected chi connectivity index (χ0v) is 13.3. The normalized spacial score (nSPS) is 20.4. The van der Waals surface area contributed by atoms with Crippen LogP contribution in [0.5, 0.6) is 0 Å². The van der Waals surface area contributed by atoms with Crippen LogP contribution in [0.3, 0.4) is 0 Å². The third-order valence-electron chi connectivity index (χ3n) is 3.65. The average molecular weight is 299 g/mol. The Morgan fingerprint density at radius 3 is 2.33 bits per heavy atom. The summed E-state index contributed by atoms with van der Waals surface area (Å²) in [7, 11) is -1.07. The molecule has 1 rings (SSSR count). The molecule has 0 saturated carbocycles. The Morgan fingerprint density at radius 2 is 1.89 bits per heavy atom. The molecule has 1 N–H and O–H groups in total. The topological polar surface area (TPSA) is 49.4 Å². The van der Waals surface area contributed by atoms with Gasteiger partial charge in [-0.1, -0.05) is 20.3 Å². The van der Waals surface area contributed by atoms with Crippen LogP contribution >= 0.6 is 12.4 Å². The predicted molar refractivity (Wildman–Crippen MR) is 78.7 cm³/mol. The van der Waals surface area contributed by atoms with Gasteiger partial charge in [-0.2, -0.15) is 0 Å². The van der Waals surface area contributed by atoms with Crippen molar-refractivity contribution < 1.29 is 8.42 Å². The molecule has 1 heterocycles. The number of piperidine rings is 1. The summed E-state index contributed by atoms with van der Waals surface area (Å²) in [5.41, 5.74) is 0. The molecule has 1 saturated heterocycles. The highest BCUT2D eigenvalue weighted by molar-refractivity contribution is 7.89. The molecule has 1 aliphatic heterocycles. The number of nitrogens with zero attached hydrogens (tertiary/aromatic N) is 1. The highest BCUT2D eigenvalue weighted by Crippen LogP contribution is 2.20. The van der Waals surface area contributed by atoms with Gasteiger partial charge in [0.05, 0.1) is 5.75 Å². The SMILES string of the molecule is CCC(C)CS(=O)(=O)N1CCC(CNC)CC1.Cl. The lowest BCUT2D eigenvalue weighted by Gasteiger charge is -2.31. The molecule has 0 aromatic carbocycles. The van der Waals surface area contributed by atoms with Crippen molar-refractivity contribution in [2.45, 2.75) is 33.1 Å². The van der Waals surface area contributed by atoms with E-state index < -0.39 is 10.0 Å². The van der Waals surface area contributed by atoms with E-state index in [2.05, 4.69) is 5.32 Å². The summed E-state index contributed by atoms with van der Waals surface area (Å²) in [6.45, 7) is 6.44. The van der Waals surface area contributed by atoms with Crippen LogP contribution in [0.15, 0.2) is 0 Å². The number of hydrogen-bond acceptors (Lipinski definition) is 3. The second-order valence-electron chi connectivity index (χ2n) is 5.19. The van der Waals surface area contributed by atoms with Crippen LogP contribution in [0.4, 0.5) is 0 Å². The van der Waals surface area contributed by atoms with E-state index in [9.17, 15) is 8.42 Å². The Morgan fingerprint density at radius 1 is 1.33 bits per heavy atom. The van der Waals surface area contributed by atoms with E-state index in [1.54, 1.807) is 4.31 Å². The first-order valence-corrected chi connectivity index (χ1v) is 8.23. The van der Waals surface area contributed by atoms with Crippen molar-refractivity contribution >= 4 is 22.4 Å². The van der Waals surface area contributed by atoms with Crippen molar-refractivity contribution in [3.63, 3.8) is 0 Å². The van der Waals surface area contributed by atoms with Crippen molar-refractivity contribution in [2.24, 2.45) is 11.8 Å². The Labute approximate surface area is 118 Å². The fourth-order valence-electron chi connectivity index (χ4n) is 2.26. The fourth-order valence-corrected chi connectivity index (χ4v) is 4.20. The molecule has 1 atom stereocenters. The second-order valence-corrected chi connectivity index (χ2v) is 7.21. The van der Waals surface area contributed by atoms with E-state index in [1.807, 2.05) is 20.9 Å². The van der Waals surface area contributed by atoms with E-state index in [0.29, 0.717) is 24.8 Å². The minimum Gasteiger partial charge on any atom is -0.319 e. The van der Waals surface area contributed by atoms with Gasteiger partial charge in [-0.25, -0.2) is 12.7 Å². The van der Waals surface area contributed by atoms with Gasteiger partial charge in [0.2, 0.25) is 10.0 Å². The highest BCUT2D eigenvalue weighted by atomic mass is 35.5. The summed E-state index contributed by atoms with van der Waals surface area (Å²) in [4.78, 5) is 0. The largest absolute Gasteiger partial charge is 0.319 e. The summed E-state index contributed by atoms with van der Waals surface area (Å²) >= 11 is 0. The molecule has 1 unspecified atom stereocenters. The standard InChI is InChI=1S/C12H26N2O2S.ClH/c1-4-11(2)10-17(15,16)14-7-5-12(6-8-14)9-13-3;/h11-13H,4-10H2,1-3H3;1H. The number of sulfonamides is 1. The molecule has 4 nitrogen and oxygen atoms in total. The lowest BCUT2D eigenvalue weighted by Crippen LogP contribution is -2.42. The van der Waals surface area contributed by atoms with Crippen molar-refractivity contribution in [3.05, 3.63) is 0 Å². The van der Waals surface area contributed by atoms with Crippen molar-refractivity contribution in [3.8, 4) is 0 Å². The smallest absolute Gasteiger partial charge is 0.214 e. The number of halogens is 1. The van der Waals surface area contributed by atoms with Gasteiger partial charge in [0, 0.05) is 13.1 Å². The van der Waals surface area contributed by atoms with Gasteiger partial charge in [0.25, 0.3) is 0 Å². The van der Waals surface area contributed by atoms with Crippen LogP contribution in [0.25, 0.3) is 0 Å². The maximum absolute atomic E-state index is 12.1. The third-order valence-corrected chi connectivity index (χ3v) is 5.79. The first kappa shape index (κ1) is 18.2. The number of nitrogens with one attached hydrogen (secondary N) is 1. The molecular formula is C12H27ClN2O2S. The zero-order chi connectivity index (χ0) is 12.9. The molecule has 18 heavy (non-hydrogen) atoms. The average Bonchev–Trinajstić information content (AvgIpc) is 2.29. The Balaban J connectivity index is 0.00000289. The van der Waals surface area contributed by atoms with Crippen LogP contribution in [0, 0.1) is 11.8 Å². The molecule has 6 heteroatoms. The molecule has 1 fully saturated rings. The minimum absolute atomic E-state index is 0. The van der Waals surface area contributed by atoms with E-state index in [4.69, 9.17) is 0 Å². The van der Waals surface area contributed by atoms with E-state index in [1.165, 1.54) is 0 Å². The minimum atomic E-state index is -3.02. The summed E-state index contributed by atoms with van der Waals surface area (Å²) in [5.74, 6) is 1.20. The highest BCUT2D eigenvalue weighted by Gasteiger charge is 2.28. The van der Waals surface area contributed by atoms with Crippen LogP contribution in [-0.4, -0.2) is 45.2 Å². The molecular weight excluding hydrogens is 272 g/mol. The first-order chi connectivity index (χ1) is 7.99. The van der Waals surface area contributed by atoms with Gasteiger partial charge in [0.1, 0.15) is 0 Å². The Kier molecular flexibility index (Phi) is 8.43. The van der Waals surface area contributed by atoms with Gasteiger partial charge in [-0.3, -0.25) is 0 Å². The molecule has 0 aromatic rings. The van der Waals surface area contributed by atoms with Gasteiger partial charge in [-0.15, -0.1) is 12.4 Å². The maximum Gasteiger partial charge on any atom is 0.214 e. The van der Waals surface area contributed by atoms with Gasteiger partial charge in [-0.05, 0) is 38.3 Å². The molecule has 1 aliphatic rings. The van der Waals surface area contributed by atoms with Crippen LogP contribution in [0.1, 0.15) is 33.1 Å².